The van der Waals surface area contributed by atoms with Gasteiger partial charge in [-0.2, -0.15) is 0 Å². The zero-order chi connectivity index (χ0) is 15.1. The molecule has 7 nitrogen and oxygen atoms in total. The van der Waals surface area contributed by atoms with Gasteiger partial charge >= 0.3 is 0 Å². The Morgan fingerprint density at radius 1 is 1.38 bits per heavy atom. The van der Waals surface area contributed by atoms with Crippen LogP contribution in [-0.4, -0.2) is 22.6 Å². The van der Waals surface area contributed by atoms with Gasteiger partial charge in [-0.05, 0) is 25.8 Å². The predicted molar refractivity (Wildman–Crippen MR) is 71.5 cm³/mol. The van der Waals surface area contributed by atoms with Crippen LogP contribution in [0.1, 0.15) is 41.1 Å². The number of nitrogens with one attached hydrogen (secondary N) is 1. The van der Waals surface area contributed by atoms with Crippen molar-refractivity contribution >= 4 is 17.7 Å². The molecule has 3 rings (SSSR count). The van der Waals surface area contributed by atoms with E-state index in [1.54, 1.807) is 6.92 Å². The van der Waals surface area contributed by atoms with Crippen molar-refractivity contribution in [3.8, 4) is 0 Å². The lowest BCUT2D eigenvalue weighted by Crippen LogP contribution is -2.31. The van der Waals surface area contributed by atoms with E-state index in [-0.39, 0.29) is 30.2 Å². The van der Waals surface area contributed by atoms with Gasteiger partial charge < -0.3 is 4.42 Å². The highest BCUT2D eigenvalue weighted by molar-refractivity contribution is 6.05. The largest absolute Gasteiger partial charge is 0.464 e. The monoisotopic (exact) mass is 291 g/mol. The highest BCUT2D eigenvalue weighted by atomic mass is 16.3. The Balaban J connectivity index is 1.80. The summed E-state index contributed by atoms with van der Waals surface area (Å²) < 4.78 is 5.46. The number of fused-ring (bicyclic) bond motifs is 1. The number of carbonyl (C=O) groups is 3. The number of hydrogen-bond donors (Lipinski definition) is 2. The normalized spacial score (nSPS) is 24.6. The fraction of sp³-hybridized carbons (Fsp3) is 0.500. The van der Waals surface area contributed by atoms with Gasteiger partial charge in [-0.1, -0.05) is 6.42 Å². The summed E-state index contributed by atoms with van der Waals surface area (Å²) in [6, 6.07) is 1.52. The number of nitrogens with two attached hydrogens (primary N) is 1. The van der Waals surface area contributed by atoms with Crippen LogP contribution in [0.25, 0.3) is 0 Å². The minimum absolute atomic E-state index is 0.0728. The summed E-state index contributed by atoms with van der Waals surface area (Å²) in [7, 11) is 0. The van der Waals surface area contributed by atoms with E-state index in [4.69, 9.17) is 10.3 Å². The first-order valence-electron chi connectivity index (χ1n) is 6.98. The van der Waals surface area contributed by atoms with Crippen LogP contribution in [0, 0.1) is 18.8 Å². The molecule has 7 heteroatoms. The molecule has 0 bridgehead atoms. The van der Waals surface area contributed by atoms with E-state index in [1.165, 1.54) is 11.0 Å². The van der Waals surface area contributed by atoms with Gasteiger partial charge in [-0.3, -0.25) is 24.7 Å². The second-order valence-electron chi connectivity index (χ2n) is 5.56. The number of aryl methyl sites for hydroxylation is 1. The maximum atomic E-state index is 12.2. The van der Waals surface area contributed by atoms with Crippen LogP contribution < -0.4 is 11.3 Å². The Morgan fingerprint density at radius 2 is 2.00 bits per heavy atom. The zero-order valence-corrected chi connectivity index (χ0v) is 11.7. The van der Waals surface area contributed by atoms with Gasteiger partial charge in [0.15, 0.2) is 0 Å². The first kappa shape index (κ1) is 13.8. The zero-order valence-electron chi connectivity index (χ0n) is 11.7. The van der Waals surface area contributed by atoms with E-state index in [1.807, 2.05) is 5.43 Å². The predicted octanol–water partition coefficient (Wildman–Crippen LogP) is 0.477. The number of amides is 3. The number of likely N-dealkylation sites (tertiary alicyclic amines) is 1. The molecule has 0 aromatic carbocycles. The fourth-order valence-electron chi connectivity index (χ4n) is 3.30. The van der Waals surface area contributed by atoms with Gasteiger partial charge in [0.05, 0.1) is 23.9 Å². The number of hydrogen-bond acceptors (Lipinski definition) is 5. The average Bonchev–Trinajstić information content (AvgIpc) is 3.13. The molecule has 2 unspecified atom stereocenters. The molecule has 2 fully saturated rings. The molecule has 2 heterocycles. The summed E-state index contributed by atoms with van der Waals surface area (Å²) in [6.07, 6.45) is 2.49. The van der Waals surface area contributed by atoms with Crippen molar-refractivity contribution in [3.63, 3.8) is 0 Å². The molecule has 112 valence electrons. The van der Waals surface area contributed by atoms with Crippen LogP contribution in [-0.2, 0) is 16.1 Å². The van der Waals surface area contributed by atoms with Crippen molar-refractivity contribution in [1.29, 1.82) is 0 Å². The van der Waals surface area contributed by atoms with E-state index in [9.17, 15) is 14.4 Å². The highest BCUT2D eigenvalue weighted by Crippen LogP contribution is 2.40. The van der Waals surface area contributed by atoms with Gasteiger partial charge in [0.25, 0.3) is 5.91 Å². The minimum Gasteiger partial charge on any atom is -0.464 e. The molecule has 1 aliphatic heterocycles. The number of nitrogen functional groups attached to an aromatic ring is 1. The van der Waals surface area contributed by atoms with Gasteiger partial charge in [0, 0.05) is 0 Å². The minimum atomic E-state index is -0.460. The Labute approximate surface area is 121 Å². The third kappa shape index (κ3) is 2.13. The van der Waals surface area contributed by atoms with Crippen molar-refractivity contribution in [3.05, 3.63) is 23.2 Å². The number of carbonyl (C=O) groups excluding carboxylic acids is 3. The lowest BCUT2D eigenvalue weighted by atomic mass is 10.00. The molecule has 0 spiro atoms. The first-order chi connectivity index (χ1) is 10.0. The molecule has 3 amide bonds. The Hall–Kier alpha value is -2.15. The van der Waals surface area contributed by atoms with E-state index >= 15 is 0 Å². The molecular formula is C14H17N3O4. The van der Waals surface area contributed by atoms with Gasteiger partial charge in [0.1, 0.15) is 11.5 Å². The quantitative estimate of drug-likeness (QED) is 0.364. The van der Waals surface area contributed by atoms with Gasteiger partial charge in [-0.15, -0.1) is 0 Å². The number of imide groups is 1. The maximum Gasteiger partial charge on any atom is 0.268 e. The van der Waals surface area contributed by atoms with Crippen molar-refractivity contribution in [2.45, 2.75) is 32.7 Å². The van der Waals surface area contributed by atoms with Crippen LogP contribution in [0.3, 0.4) is 0 Å². The molecule has 1 saturated heterocycles. The molecule has 21 heavy (non-hydrogen) atoms. The molecule has 1 saturated carbocycles. The topological polar surface area (TPSA) is 106 Å². The second kappa shape index (κ2) is 5.00. The summed E-state index contributed by atoms with van der Waals surface area (Å²) in [5.41, 5.74) is 2.34. The Bertz CT molecular complexity index is 600. The summed E-state index contributed by atoms with van der Waals surface area (Å²) in [5.74, 6) is 4.87. The SMILES string of the molecule is Cc1oc(CN2C(=O)C3CCCC3C2=O)cc1C(=O)NN. The highest BCUT2D eigenvalue weighted by Gasteiger charge is 2.49. The molecule has 1 aromatic rings. The number of rotatable bonds is 3. The molecular weight excluding hydrogens is 274 g/mol. The van der Waals surface area contributed by atoms with Crippen molar-refractivity contribution < 1.29 is 18.8 Å². The van der Waals surface area contributed by atoms with Crippen LogP contribution in [0.2, 0.25) is 0 Å². The van der Waals surface area contributed by atoms with Crippen molar-refractivity contribution in [1.82, 2.24) is 10.3 Å². The van der Waals surface area contributed by atoms with Gasteiger partial charge in [-0.25, -0.2) is 5.84 Å². The smallest absolute Gasteiger partial charge is 0.268 e. The summed E-state index contributed by atoms with van der Waals surface area (Å²) in [6.45, 7) is 1.71. The number of hydrazine groups is 1. The van der Waals surface area contributed by atoms with Crippen LogP contribution in [0.15, 0.2) is 10.5 Å². The van der Waals surface area contributed by atoms with Gasteiger partial charge in [0.2, 0.25) is 11.8 Å². The van der Waals surface area contributed by atoms with Crippen LogP contribution in [0.5, 0.6) is 0 Å². The van der Waals surface area contributed by atoms with Crippen molar-refractivity contribution in [2.75, 3.05) is 0 Å². The molecule has 3 N–H and O–H groups in total. The van der Waals surface area contributed by atoms with E-state index in [0.717, 1.165) is 19.3 Å². The number of nitrogens with zero attached hydrogens (tertiary/aromatic N) is 1. The molecule has 1 aliphatic carbocycles. The van der Waals surface area contributed by atoms with E-state index in [0.29, 0.717) is 17.1 Å². The molecule has 1 aromatic heterocycles. The van der Waals surface area contributed by atoms with Crippen molar-refractivity contribution in [2.24, 2.45) is 17.7 Å². The van der Waals surface area contributed by atoms with E-state index < -0.39 is 5.91 Å². The summed E-state index contributed by atoms with van der Waals surface area (Å²) in [4.78, 5) is 37.3. The second-order valence-corrected chi connectivity index (χ2v) is 5.56. The van der Waals surface area contributed by atoms with Crippen LogP contribution in [0.4, 0.5) is 0 Å². The first-order valence-corrected chi connectivity index (χ1v) is 6.98. The third-order valence-corrected chi connectivity index (χ3v) is 4.34. The standard InChI is InChI=1S/C14H17N3O4/c1-7-11(12(18)16-15)5-8(21-7)6-17-13(19)9-3-2-4-10(9)14(17)20/h5,9-10H,2-4,6,15H2,1H3,(H,16,18). The molecule has 2 atom stereocenters. The summed E-state index contributed by atoms with van der Waals surface area (Å²) >= 11 is 0. The molecule has 2 aliphatic rings. The number of furan rings is 1. The van der Waals surface area contributed by atoms with Crippen LogP contribution >= 0.6 is 0 Å². The lowest BCUT2D eigenvalue weighted by molar-refractivity contribution is -0.141. The lowest BCUT2D eigenvalue weighted by Gasteiger charge is -2.13. The Morgan fingerprint density at radius 3 is 2.57 bits per heavy atom. The fourth-order valence-corrected chi connectivity index (χ4v) is 3.30. The molecule has 0 radical (unpaired) electrons. The third-order valence-electron chi connectivity index (χ3n) is 4.34. The van der Waals surface area contributed by atoms with E-state index in [2.05, 4.69) is 0 Å². The maximum absolute atomic E-state index is 12.2. The summed E-state index contributed by atoms with van der Waals surface area (Å²) in [5, 5.41) is 0. The average molecular weight is 291 g/mol. The Kier molecular flexibility index (Phi) is 3.29.